The molecule has 0 N–H and O–H groups in total. The first-order chi connectivity index (χ1) is 26.9. The van der Waals surface area contributed by atoms with Gasteiger partial charge in [0, 0.05) is 33.1 Å². The molecule has 0 bridgehead atoms. The molecule has 4 aliphatic rings. The van der Waals surface area contributed by atoms with Crippen molar-refractivity contribution >= 4 is 98.9 Å². The van der Waals surface area contributed by atoms with Crippen LogP contribution in [0.2, 0.25) is 0 Å². The molecule has 4 aliphatic carbocycles. The number of ketones is 2. The average Bonchev–Trinajstić information content (AvgIpc) is 4.05. The Balaban J connectivity index is 1.07. The number of fused-ring (bicyclic) bond motifs is 11. The molecule has 4 aromatic heterocycles. The summed E-state index contributed by atoms with van der Waals surface area (Å²) in [4.78, 5) is 41.5. The van der Waals surface area contributed by atoms with Crippen LogP contribution in [0.3, 0.4) is 0 Å². The quantitative estimate of drug-likeness (QED) is 0.159. The summed E-state index contributed by atoms with van der Waals surface area (Å²) in [7, 11) is 0. The van der Waals surface area contributed by atoms with E-state index < -0.39 is 0 Å². The van der Waals surface area contributed by atoms with Crippen LogP contribution in [-0.4, -0.2) is 23.0 Å². The number of thiophene rings is 4. The molecule has 0 radical (unpaired) electrons. The highest BCUT2D eigenvalue weighted by molar-refractivity contribution is 7.35. The molecule has 0 saturated carbocycles. The highest BCUT2D eigenvalue weighted by Crippen LogP contribution is 2.66. The van der Waals surface area contributed by atoms with Gasteiger partial charge >= 0.3 is 0 Å². The summed E-state index contributed by atoms with van der Waals surface area (Å²) in [5, 5.41) is 40.4. The highest BCUT2D eigenvalue weighted by atomic mass is 32.1. The lowest BCUT2D eigenvalue weighted by molar-refractivity contribution is 0.106. The van der Waals surface area contributed by atoms with Gasteiger partial charge in [0.2, 0.25) is 11.6 Å². The van der Waals surface area contributed by atoms with Crippen molar-refractivity contribution in [1.29, 1.82) is 21.0 Å². The van der Waals surface area contributed by atoms with Crippen molar-refractivity contribution in [3.63, 3.8) is 0 Å². The number of Topliss-reactive ketones (excluding diaryl/α,β-unsaturated/α-hetero) is 2. The van der Waals surface area contributed by atoms with E-state index in [1.807, 2.05) is 36.4 Å². The van der Waals surface area contributed by atoms with Crippen LogP contribution < -0.4 is 0 Å². The second-order valence-corrected chi connectivity index (χ2v) is 18.9. The van der Waals surface area contributed by atoms with Crippen LogP contribution in [0.4, 0.5) is 10.0 Å². The zero-order valence-electron chi connectivity index (χ0n) is 29.9. The number of hydrogen-bond acceptors (Lipinski definition) is 12. The Labute approximate surface area is 336 Å². The molecule has 56 heavy (non-hydrogen) atoms. The molecule has 6 aromatic rings. The van der Waals surface area contributed by atoms with E-state index in [0.717, 1.165) is 20.9 Å². The lowest BCUT2D eigenvalue weighted by Gasteiger charge is -2.20. The fraction of sp³-hybridized carbons (Fsp3) is 0.136. The summed E-state index contributed by atoms with van der Waals surface area (Å²) < 4.78 is 2.49. The lowest BCUT2D eigenvalue weighted by Crippen LogP contribution is -2.15. The van der Waals surface area contributed by atoms with E-state index in [0.29, 0.717) is 32.3 Å². The highest BCUT2D eigenvalue weighted by Gasteiger charge is 2.47. The first-order valence-electron chi connectivity index (χ1n) is 17.4. The fourth-order valence-corrected chi connectivity index (χ4v) is 14.7. The Morgan fingerprint density at radius 1 is 0.536 bits per heavy atom. The van der Waals surface area contributed by atoms with Gasteiger partial charge in [-0.05, 0) is 45.5 Å². The molecule has 264 valence electrons. The Bertz CT molecular complexity index is 2980. The first kappa shape index (κ1) is 34.1. The largest absolute Gasteiger partial charge is 0.287 e. The number of nitriles is 4. The predicted octanol–water partition coefficient (Wildman–Crippen LogP) is 11.2. The molecule has 12 heteroatoms. The smallest absolute Gasteiger partial charge is 0.212 e. The van der Waals surface area contributed by atoms with Crippen LogP contribution in [0.5, 0.6) is 0 Å². The summed E-state index contributed by atoms with van der Waals surface area (Å²) in [6.45, 7) is 8.88. The zero-order chi connectivity index (χ0) is 39.0. The summed E-state index contributed by atoms with van der Waals surface area (Å²) in [6.07, 6.45) is 0. The average molecular weight is 795 g/mol. The van der Waals surface area contributed by atoms with Gasteiger partial charge in [-0.25, -0.2) is 9.98 Å². The van der Waals surface area contributed by atoms with E-state index in [1.54, 1.807) is 71.2 Å². The minimum atomic E-state index is -0.360. The van der Waals surface area contributed by atoms with Crippen molar-refractivity contribution in [2.24, 2.45) is 9.98 Å². The van der Waals surface area contributed by atoms with Gasteiger partial charge in [-0.1, -0.05) is 76.2 Å². The van der Waals surface area contributed by atoms with Gasteiger partial charge < -0.3 is 0 Å². The van der Waals surface area contributed by atoms with Crippen LogP contribution in [-0.2, 0) is 10.8 Å². The molecular weight excluding hydrogens is 773 g/mol. The molecule has 2 aromatic carbocycles. The number of carbonyl (C=O) groups excluding carboxylic acids is 2. The summed E-state index contributed by atoms with van der Waals surface area (Å²) in [6, 6.07) is 25.9. The molecule has 10 rings (SSSR count). The number of benzene rings is 2. The Hall–Kier alpha value is -6.38. The molecule has 0 spiro atoms. The predicted molar refractivity (Wildman–Crippen MR) is 223 cm³/mol. The van der Waals surface area contributed by atoms with E-state index in [4.69, 9.17) is 9.98 Å². The molecule has 8 nitrogen and oxygen atoms in total. The molecule has 0 atom stereocenters. The van der Waals surface area contributed by atoms with Gasteiger partial charge in [-0.15, -0.1) is 45.3 Å². The van der Waals surface area contributed by atoms with Crippen LogP contribution in [0.1, 0.15) is 81.8 Å². The third-order valence-electron chi connectivity index (χ3n) is 11.1. The number of aliphatic imine (C=N–C) groups is 2. The Kier molecular flexibility index (Phi) is 7.05. The third kappa shape index (κ3) is 4.27. The molecular formula is C44H22N6O2S4. The summed E-state index contributed by atoms with van der Waals surface area (Å²) in [5.41, 5.74) is 6.59. The van der Waals surface area contributed by atoms with E-state index in [2.05, 4.69) is 27.7 Å². The van der Waals surface area contributed by atoms with Gasteiger partial charge in [0.15, 0.2) is 0 Å². The van der Waals surface area contributed by atoms with Crippen LogP contribution >= 0.6 is 45.3 Å². The Morgan fingerprint density at radius 3 is 1.25 bits per heavy atom. The summed E-state index contributed by atoms with van der Waals surface area (Å²) in [5.74, 6) is -0.594. The van der Waals surface area contributed by atoms with Crippen LogP contribution in [0, 0.1) is 45.3 Å². The lowest BCUT2D eigenvalue weighted by atomic mass is 9.82. The summed E-state index contributed by atoms with van der Waals surface area (Å²) >= 11 is 6.62. The maximum Gasteiger partial charge on any atom is 0.212 e. The number of nitrogens with zero attached hydrogens (tertiary/aromatic N) is 6. The van der Waals surface area contributed by atoms with Crippen molar-refractivity contribution in [3.8, 4) is 43.8 Å². The number of hydrogen-bond donors (Lipinski definition) is 0. The normalized spacial score (nSPS) is 17.6. The topological polar surface area (TPSA) is 154 Å². The van der Waals surface area contributed by atoms with Crippen molar-refractivity contribution in [1.82, 2.24) is 0 Å². The van der Waals surface area contributed by atoms with Gasteiger partial charge in [0.25, 0.3) is 0 Å². The molecule has 0 amide bonds. The maximum atomic E-state index is 13.6. The monoisotopic (exact) mass is 794 g/mol. The van der Waals surface area contributed by atoms with Gasteiger partial charge in [0.05, 0.1) is 28.9 Å². The van der Waals surface area contributed by atoms with Crippen molar-refractivity contribution in [3.05, 3.63) is 116 Å². The van der Waals surface area contributed by atoms with Crippen LogP contribution in [0.25, 0.3) is 40.1 Å². The molecule has 0 aliphatic heterocycles. The van der Waals surface area contributed by atoms with Gasteiger partial charge in [-0.2, -0.15) is 21.0 Å². The Morgan fingerprint density at radius 2 is 0.893 bits per heavy atom. The standard InChI is InChI=1S/C44H22N6O2S4/c1-43(2)25-13-27(49-33-29(19(15-45)16-46)21-9-5-7-11-23(21)35(33)51)53-37(25)39-31(43)41-42(55-39)32-40(56-41)38-26(44(32,3)4)14-28(54-38)50-34-30(20(17-47)18-48)22-10-6-8-12-24(22)36(34)52/h5-14H,1-4H3. The zero-order valence-corrected chi connectivity index (χ0v) is 33.2. The van der Waals surface area contributed by atoms with E-state index in [-0.39, 0.29) is 56.1 Å². The van der Waals surface area contributed by atoms with Gasteiger partial charge in [-0.3, -0.25) is 9.59 Å². The van der Waals surface area contributed by atoms with Crippen LogP contribution in [0.15, 0.2) is 81.8 Å². The van der Waals surface area contributed by atoms with Crippen molar-refractivity contribution in [2.45, 2.75) is 38.5 Å². The van der Waals surface area contributed by atoms with E-state index in [1.165, 1.54) is 53.0 Å². The number of allylic oxidation sites excluding steroid dienone is 4. The second kappa shape index (κ2) is 11.6. The SMILES string of the molecule is CC1(C)c2cc(N=C3C(=O)c4ccccc4C3=C(C#N)C#N)sc2-c2sc3c4c(sc3c21)-c1sc(N=C2C(=O)c3ccccc3C2=C(C#N)C#N)cc1C4(C)C. The molecule has 0 fully saturated rings. The van der Waals surface area contributed by atoms with E-state index >= 15 is 0 Å². The third-order valence-corrected chi connectivity index (χ3v) is 16.1. The molecule has 0 saturated heterocycles. The first-order valence-corrected chi connectivity index (χ1v) is 20.7. The molecule has 4 heterocycles. The number of rotatable bonds is 2. The number of carbonyl (C=O) groups is 2. The van der Waals surface area contributed by atoms with E-state index in [9.17, 15) is 30.6 Å². The minimum Gasteiger partial charge on any atom is -0.287 e. The van der Waals surface area contributed by atoms with Crippen molar-refractivity contribution < 1.29 is 9.59 Å². The van der Waals surface area contributed by atoms with Gasteiger partial charge in [0.1, 0.15) is 56.8 Å². The minimum absolute atomic E-state index is 0.120. The fourth-order valence-electron chi connectivity index (χ4n) is 8.54. The van der Waals surface area contributed by atoms with Crippen molar-refractivity contribution in [2.75, 3.05) is 0 Å². The molecule has 0 unspecified atom stereocenters. The second-order valence-electron chi connectivity index (χ2n) is 14.8. The maximum absolute atomic E-state index is 13.6.